The van der Waals surface area contributed by atoms with Crippen molar-refractivity contribution >= 4 is 16.9 Å². The summed E-state index contributed by atoms with van der Waals surface area (Å²) in [5, 5.41) is 4.38. The number of fused-ring (bicyclic) bond motifs is 1. The predicted octanol–water partition coefficient (Wildman–Crippen LogP) is 2.68. The van der Waals surface area contributed by atoms with E-state index in [1.807, 2.05) is 12.3 Å². The summed E-state index contributed by atoms with van der Waals surface area (Å²) in [5.74, 6) is 0.663. The molecule has 1 aromatic carbocycles. The van der Waals surface area contributed by atoms with Crippen molar-refractivity contribution < 1.29 is 0 Å². The monoisotopic (exact) mass is 250 g/mol. The average molecular weight is 250 g/mol. The van der Waals surface area contributed by atoms with Crippen molar-refractivity contribution in [3.63, 3.8) is 0 Å². The molecule has 1 N–H and O–H groups in total. The molecule has 0 bridgehead atoms. The molecule has 0 fully saturated rings. The van der Waals surface area contributed by atoms with E-state index in [0.717, 1.165) is 18.5 Å². The summed E-state index contributed by atoms with van der Waals surface area (Å²) in [6.45, 7) is 0.791. The van der Waals surface area contributed by atoms with E-state index in [1.54, 1.807) is 18.5 Å². The minimum Gasteiger partial charge on any atom is -0.354 e. The topological polar surface area (TPSA) is 50.7 Å². The molecule has 2 heterocycles. The molecule has 2 aromatic heterocycles. The molecule has 3 aromatic rings. The Labute approximate surface area is 111 Å². The molecule has 0 amide bonds. The molecule has 19 heavy (non-hydrogen) atoms. The van der Waals surface area contributed by atoms with Gasteiger partial charge in [0, 0.05) is 30.5 Å². The minimum atomic E-state index is 0.663. The first-order chi connectivity index (χ1) is 9.43. The number of nitrogens with one attached hydrogen (secondary N) is 1. The third kappa shape index (κ3) is 2.68. The van der Waals surface area contributed by atoms with Crippen LogP contribution in [0.2, 0.25) is 0 Å². The van der Waals surface area contributed by atoms with Crippen LogP contribution in [-0.2, 0) is 6.42 Å². The molecular formula is C15H14N4. The van der Waals surface area contributed by atoms with Crippen LogP contribution in [-0.4, -0.2) is 21.5 Å². The normalized spacial score (nSPS) is 10.5. The number of aromatic nitrogens is 3. The van der Waals surface area contributed by atoms with E-state index >= 15 is 0 Å². The van der Waals surface area contributed by atoms with Crippen molar-refractivity contribution in [2.24, 2.45) is 0 Å². The third-order valence-corrected chi connectivity index (χ3v) is 2.96. The second kappa shape index (κ2) is 5.44. The summed E-state index contributed by atoms with van der Waals surface area (Å²) in [6.07, 6.45) is 6.19. The largest absolute Gasteiger partial charge is 0.354 e. The van der Waals surface area contributed by atoms with Crippen LogP contribution in [0.4, 0.5) is 5.95 Å². The second-order valence-corrected chi connectivity index (χ2v) is 4.24. The van der Waals surface area contributed by atoms with E-state index in [9.17, 15) is 0 Å². The quantitative estimate of drug-likeness (QED) is 0.773. The lowest BCUT2D eigenvalue weighted by Gasteiger charge is -2.06. The van der Waals surface area contributed by atoms with Gasteiger partial charge < -0.3 is 5.32 Å². The number of hydrogen-bond acceptors (Lipinski definition) is 4. The van der Waals surface area contributed by atoms with E-state index in [1.165, 1.54) is 10.9 Å². The van der Waals surface area contributed by atoms with Crippen LogP contribution in [0.25, 0.3) is 10.9 Å². The Morgan fingerprint density at radius 1 is 0.842 bits per heavy atom. The van der Waals surface area contributed by atoms with Gasteiger partial charge in [-0.25, -0.2) is 9.97 Å². The Kier molecular flexibility index (Phi) is 3.32. The highest BCUT2D eigenvalue weighted by Gasteiger charge is 2.01. The SMILES string of the molecule is c1cnc(NCCc2cccc3cccnc23)nc1. The van der Waals surface area contributed by atoms with E-state index in [0.29, 0.717) is 5.95 Å². The van der Waals surface area contributed by atoms with Crippen LogP contribution in [0.1, 0.15) is 5.56 Å². The molecule has 3 rings (SSSR count). The number of nitrogens with zero attached hydrogens (tertiary/aromatic N) is 3. The number of benzene rings is 1. The van der Waals surface area contributed by atoms with Gasteiger partial charge in [-0.1, -0.05) is 24.3 Å². The van der Waals surface area contributed by atoms with E-state index in [-0.39, 0.29) is 0 Å². The van der Waals surface area contributed by atoms with Crippen molar-refractivity contribution in [2.45, 2.75) is 6.42 Å². The van der Waals surface area contributed by atoms with E-state index < -0.39 is 0 Å². The first-order valence-corrected chi connectivity index (χ1v) is 6.27. The van der Waals surface area contributed by atoms with Gasteiger partial charge in [0.25, 0.3) is 0 Å². The zero-order valence-electron chi connectivity index (χ0n) is 10.5. The van der Waals surface area contributed by atoms with E-state index in [2.05, 4.69) is 44.5 Å². The van der Waals surface area contributed by atoms with Gasteiger partial charge in [-0.05, 0) is 24.1 Å². The molecule has 94 valence electrons. The summed E-state index contributed by atoms with van der Waals surface area (Å²) in [6, 6.07) is 12.1. The number of para-hydroxylation sites is 1. The van der Waals surface area contributed by atoms with Crippen LogP contribution >= 0.6 is 0 Å². The highest BCUT2D eigenvalue weighted by molar-refractivity contribution is 5.81. The molecule has 0 aliphatic carbocycles. The van der Waals surface area contributed by atoms with Gasteiger partial charge in [0.05, 0.1) is 5.52 Å². The standard InChI is InChI=1S/C15H14N4/c1-4-12-6-2-8-16-14(12)13(5-1)7-11-19-15-17-9-3-10-18-15/h1-6,8-10H,7,11H2,(H,17,18,19). The molecule has 0 atom stereocenters. The Morgan fingerprint density at radius 2 is 1.63 bits per heavy atom. The maximum atomic E-state index is 4.45. The predicted molar refractivity (Wildman–Crippen MR) is 76.0 cm³/mol. The lowest BCUT2D eigenvalue weighted by molar-refractivity contribution is 0.987. The van der Waals surface area contributed by atoms with Crippen LogP contribution < -0.4 is 5.32 Å². The molecule has 0 aliphatic heterocycles. The molecule has 4 nitrogen and oxygen atoms in total. The van der Waals surface area contributed by atoms with E-state index in [4.69, 9.17) is 0 Å². The van der Waals surface area contributed by atoms with Crippen LogP contribution in [0.5, 0.6) is 0 Å². The second-order valence-electron chi connectivity index (χ2n) is 4.24. The highest BCUT2D eigenvalue weighted by atomic mass is 15.1. The van der Waals surface area contributed by atoms with Crippen molar-refractivity contribution in [1.82, 2.24) is 15.0 Å². The minimum absolute atomic E-state index is 0.663. The summed E-state index contributed by atoms with van der Waals surface area (Å²) >= 11 is 0. The molecule has 0 aliphatic rings. The number of hydrogen-bond donors (Lipinski definition) is 1. The number of anilines is 1. The van der Waals surface area contributed by atoms with Gasteiger partial charge in [0.2, 0.25) is 5.95 Å². The number of pyridine rings is 1. The average Bonchev–Trinajstić information content (AvgIpc) is 2.49. The molecule has 4 heteroatoms. The molecule has 0 spiro atoms. The Balaban J connectivity index is 1.72. The molecule has 0 saturated carbocycles. The van der Waals surface area contributed by atoms with Crippen molar-refractivity contribution in [1.29, 1.82) is 0 Å². The first-order valence-electron chi connectivity index (χ1n) is 6.27. The maximum Gasteiger partial charge on any atom is 0.222 e. The molecular weight excluding hydrogens is 236 g/mol. The lowest BCUT2D eigenvalue weighted by Crippen LogP contribution is -2.07. The fraction of sp³-hybridized carbons (Fsp3) is 0.133. The summed E-state index contributed by atoms with van der Waals surface area (Å²) in [5.41, 5.74) is 2.31. The van der Waals surface area contributed by atoms with Gasteiger partial charge in [-0.3, -0.25) is 4.98 Å². The Hall–Kier alpha value is -2.49. The van der Waals surface area contributed by atoms with Crippen molar-refractivity contribution in [2.75, 3.05) is 11.9 Å². The maximum absolute atomic E-state index is 4.45. The van der Waals surface area contributed by atoms with Gasteiger partial charge in [0.1, 0.15) is 0 Å². The summed E-state index contributed by atoms with van der Waals surface area (Å²) in [4.78, 5) is 12.7. The fourth-order valence-electron chi connectivity index (χ4n) is 2.07. The molecule has 0 radical (unpaired) electrons. The molecule has 0 saturated heterocycles. The fourth-order valence-corrected chi connectivity index (χ4v) is 2.07. The van der Waals surface area contributed by atoms with Crippen molar-refractivity contribution in [3.8, 4) is 0 Å². The number of rotatable bonds is 4. The van der Waals surface area contributed by atoms with Gasteiger partial charge in [-0.15, -0.1) is 0 Å². The van der Waals surface area contributed by atoms with Crippen LogP contribution in [0.3, 0.4) is 0 Å². The van der Waals surface area contributed by atoms with Gasteiger partial charge in [-0.2, -0.15) is 0 Å². The summed E-state index contributed by atoms with van der Waals surface area (Å²) in [7, 11) is 0. The third-order valence-electron chi connectivity index (χ3n) is 2.96. The molecule has 0 unspecified atom stereocenters. The first kappa shape index (κ1) is 11.6. The van der Waals surface area contributed by atoms with Crippen molar-refractivity contribution in [3.05, 3.63) is 60.6 Å². The highest BCUT2D eigenvalue weighted by Crippen LogP contribution is 2.16. The van der Waals surface area contributed by atoms with Crippen LogP contribution in [0, 0.1) is 0 Å². The zero-order chi connectivity index (χ0) is 12.9. The Bertz CT molecular complexity index is 662. The van der Waals surface area contributed by atoms with Gasteiger partial charge >= 0.3 is 0 Å². The zero-order valence-corrected chi connectivity index (χ0v) is 10.5. The summed E-state index contributed by atoms with van der Waals surface area (Å²) < 4.78 is 0. The van der Waals surface area contributed by atoms with Gasteiger partial charge in [0.15, 0.2) is 0 Å². The Morgan fingerprint density at radius 3 is 2.53 bits per heavy atom. The van der Waals surface area contributed by atoms with Crippen LogP contribution in [0.15, 0.2) is 55.0 Å². The smallest absolute Gasteiger partial charge is 0.222 e. The lowest BCUT2D eigenvalue weighted by atomic mass is 10.1.